The Kier molecular flexibility index (Phi) is 3.79. The normalized spacial score (nSPS) is 14.8. The molecule has 18 heavy (non-hydrogen) atoms. The van der Waals surface area contributed by atoms with E-state index in [0.717, 1.165) is 19.4 Å². The molecule has 0 atom stereocenters. The SMILES string of the molecule is CC(C)Cn1cc(C(=O)NCC(=O)C2CC2)cn1. The first-order chi connectivity index (χ1) is 8.56. The van der Waals surface area contributed by atoms with Crippen LogP contribution in [-0.2, 0) is 11.3 Å². The third-order valence-corrected chi connectivity index (χ3v) is 2.90. The number of carbonyl (C=O) groups is 2. The van der Waals surface area contributed by atoms with Crippen molar-refractivity contribution in [2.75, 3.05) is 6.54 Å². The molecule has 5 nitrogen and oxygen atoms in total. The number of hydrogen-bond donors (Lipinski definition) is 1. The summed E-state index contributed by atoms with van der Waals surface area (Å²) in [7, 11) is 0. The molecule has 1 fully saturated rings. The van der Waals surface area contributed by atoms with Crippen LogP contribution in [0.1, 0.15) is 37.0 Å². The van der Waals surface area contributed by atoms with Crippen molar-refractivity contribution < 1.29 is 9.59 Å². The quantitative estimate of drug-likeness (QED) is 0.825. The zero-order chi connectivity index (χ0) is 13.1. The monoisotopic (exact) mass is 249 g/mol. The van der Waals surface area contributed by atoms with Crippen LogP contribution in [0.4, 0.5) is 0 Å². The van der Waals surface area contributed by atoms with Crippen molar-refractivity contribution in [3.63, 3.8) is 0 Å². The largest absolute Gasteiger partial charge is 0.345 e. The van der Waals surface area contributed by atoms with Crippen LogP contribution in [0.25, 0.3) is 0 Å². The van der Waals surface area contributed by atoms with Gasteiger partial charge in [-0.25, -0.2) is 0 Å². The molecule has 1 N–H and O–H groups in total. The molecule has 0 spiro atoms. The van der Waals surface area contributed by atoms with Crippen molar-refractivity contribution in [3.05, 3.63) is 18.0 Å². The van der Waals surface area contributed by atoms with E-state index in [1.54, 1.807) is 17.1 Å². The lowest BCUT2D eigenvalue weighted by atomic mass is 10.2. The zero-order valence-electron chi connectivity index (χ0n) is 10.8. The van der Waals surface area contributed by atoms with E-state index < -0.39 is 0 Å². The highest BCUT2D eigenvalue weighted by atomic mass is 16.2. The molecule has 0 aliphatic heterocycles. The molecule has 0 bridgehead atoms. The minimum absolute atomic E-state index is 0.137. The summed E-state index contributed by atoms with van der Waals surface area (Å²) in [6, 6.07) is 0. The van der Waals surface area contributed by atoms with Gasteiger partial charge in [-0.2, -0.15) is 5.10 Å². The van der Waals surface area contributed by atoms with Gasteiger partial charge in [0.05, 0.1) is 18.3 Å². The second-order valence-corrected chi connectivity index (χ2v) is 5.27. The van der Waals surface area contributed by atoms with Crippen molar-refractivity contribution in [1.82, 2.24) is 15.1 Å². The van der Waals surface area contributed by atoms with Crippen LogP contribution in [0.3, 0.4) is 0 Å². The smallest absolute Gasteiger partial charge is 0.254 e. The highest BCUT2D eigenvalue weighted by Gasteiger charge is 2.29. The Bertz CT molecular complexity index is 447. The zero-order valence-corrected chi connectivity index (χ0v) is 10.8. The first kappa shape index (κ1) is 12.8. The number of nitrogens with one attached hydrogen (secondary N) is 1. The topological polar surface area (TPSA) is 64.0 Å². The number of carbonyl (C=O) groups excluding carboxylic acids is 2. The van der Waals surface area contributed by atoms with Crippen LogP contribution in [-0.4, -0.2) is 28.0 Å². The average molecular weight is 249 g/mol. The number of amides is 1. The number of nitrogens with zero attached hydrogens (tertiary/aromatic N) is 2. The molecule has 1 heterocycles. The minimum Gasteiger partial charge on any atom is -0.345 e. The summed E-state index contributed by atoms with van der Waals surface area (Å²) >= 11 is 0. The molecule has 5 heteroatoms. The van der Waals surface area contributed by atoms with Gasteiger partial charge in [0.1, 0.15) is 0 Å². The Hall–Kier alpha value is -1.65. The molecule has 1 amide bonds. The maximum Gasteiger partial charge on any atom is 0.254 e. The highest BCUT2D eigenvalue weighted by molar-refractivity contribution is 5.97. The van der Waals surface area contributed by atoms with Gasteiger partial charge in [-0.05, 0) is 18.8 Å². The van der Waals surface area contributed by atoms with Gasteiger partial charge in [-0.3, -0.25) is 14.3 Å². The van der Waals surface area contributed by atoms with Gasteiger partial charge in [-0.15, -0.1) is 0 Å². The summed E-state index contributed by atoms with van der Waals surface area (Å²) in [5.41, 5.74) is 0.513. The summed E-state index contributed by atoms with van der Waals surface area (Å²) in [5.74, 6) is 0.586. The van der Waals surface area contributed by atoms with Crippen LogP contribution in [0.5, 0.6) is 0 Å². The summed E-state index contributed by atoms with van der Waals surface area (Å²) in [6.07, 6.45) is 5.21. The molecule has 1 aromatic heterocycles. The summed E-state index contributed by atoms with van der Waals surface area (Å²) in [5, 5.41) is 6.77. The van der Waals surface area contributed by atoms with Crippen molar-refractivity contribution in [1.29, 1.82) is 0 Å². The van der Waals surface area contributed by atoms with Crippen molar-refractivity contribution >= 4 is 11.7 Å². The van der Waals surface area contributed by atoms with Crippen LogP contribution in [0.15, 0.2) is 12.4 Å². The summed E-state index contributed by atoms with van der Waals surface area (Å²) in [6.45, 7) is 5.11. The van der Waals surface area contributed by atoms with Gasteiger partial charge in [0.15, 0.2) is 5.78 Å². The maximum absolute atomic E-state index is 11.8. The van der Waals surface area contributed by atoms with Crippen molar-refractivity contribution in [3.8, 4) is 0 Å². The molecule has 0 unspecified atom stereocenters. The molecule has 0 saturated heterocycles. The van der Waals surface area contributed by atoms with E-state index in [1.807, 2.05) is 0 Å². The maximum atomic E-state index is 11.8. The van der Waals surface area contributed by atoms with Crippen molar-refractivity contribution in [2.24, 2.45) is 11.8 Å². The molecular weight excluding hydrogens is 230 g/mol. The third-order valence-electron chi connectivity index (χ3n) is 2.90. The van der Waals surface area contributed by atoms with E-state index in [4.69, 9.17) is 0 Å². The van der Waals surface area contributed by atoms with Crippen LogP contribution in [0.2, 0.25) is 0 Å². The fourth-order valence-corrected chi connectivity index (χ4v) is 1.77. The Morgan fingerprint density at radius 3 is 2.83 bits per heavy atom. The van der Waals surface area contributed by atoms with Gasteiger partial charge < -0.3 is 5.32 Å². The average Bonchev–Trinajstić information content (AvgIpc) is 3.06. The minimum atomic E-state index is -0.223. The molecule has 1 aliphatic rings. The lowest BCUT2D eigenvalue weighted by molar-refractivity contribution is -0.119. The second-order valence-electron chi connectivity index (χ2n) is 5.27. The Balaban J connectivity index is 1.84. The molecule has 1 saturated carbocycles. The van der Waals surface area contributed by atoms with E-state index in [-0.39, 0.29) is 24.2 Å². The van der Waals surface area contributed by atoms with Gasteiger partial charge in [0.25, 0.3) is 5.91 Å². The summed E-state index contributed by atoms with van der Waals surface area (Å²) < 4.78 is 1.75. The number of rotatable bonds is 6. The number of hydrogen-bond acceptors (Lipinski definition) is 3. The van der Waals surface area contributed by atoms with Gasteiger partial charge in [0.2, 0.25) is 0 Å². The van der Waals surface area contributed by atoms with E-state index >= 15 is 0 Å². The predicted molar refractivity (Wildman–Crippen MR) is 67.1 cm³/mol. The molecule has 1 aliphatic carbocycles. The lowest BCUT2D eigenvalue weighted by Gasteiger charge is -2.03. The fourth-order valence-electron chi connectivity index (χ4n) is 1.77. The van der Waals surface area contributed by atoms with Crippen LogP contribution in [0, 0.1) is 11.8 Å². The molecule has 2 rings (SSSR count). The predicted octanol–water partition coefficient (Wildman–Crippen LogP) is 1.25. The van der Waals surface area contributed by atoms with Crippen LogP contribution >= 0.6 is 0 Å². The Labute approximate surface area is 107 Å². The highest BCUT2D eigenvalue weighted by Crippen LogP contribution is 2.29. The summed E-state index contributed by atoms with van der Waals surface area (Å²) in [4.78, 5) is 23.2. The van der Waals surface area contributed by atoms with Gasteiger partial charge >= 0.3 is 0 Å². The standard InChI is InChI=1S/C13H19N3O2/c1-9(2)7-16-8-11(5-15-16)13(18)14-6-12(17)10-3-4-10/h5,8-10H,3-4,6-7H2,1-2H3,(H,14,18). The van der Waals surface area contributed by atoms with E-state index in [1.165, 1.54) is 0 Å². The second kappa shape index (κ2) is 5.33. The third kappa shape index (κ3) is 3.42. The fraction of sp³-hybridized carbons (Fsp3) is 0.615. The van der Waals surface area contributed by atoms with E-state index in [9.17, 15) is 9.59 Å². The first-order valence-electron chi connectivity index (χ1n) is 6.39. The molecule has 98 valence electrons. The van der Waals surface area contributed by atoms with Crippen molar-refractivity contribution in [2.45, 2.75) is 33.2 Å². The lowest BCUT2D eigenvalue weighted by Crippen LogP contribution is -2.30. The Morgan fingerprint density at radius 2 is 2.22 bits per heavy atom. The molecule has 0 radical (unpaired) electrons. The Morgan fingerprint density at radius 1 is 1.50 bits per heavy atom. The first-order valence-corrected chi connectivity index (χ1v) is 6.39. The number of ketones is 1. The number of aromatic nitrogens is 2. The van der Waals surface area contributed by atoms with Gasteiger partial charge in [0, 0.05) is 18.7 Å². The molecule has 1 aromatic rings. The van der Waals surface area contributed by atoms with Gasteiger partial charge in [-0.1, -0.05) is 13.8 Å². The molecule has 0 aromatic carbocycles. The molecular formula is C13H19N3O2. The van der Waals surface area contributed by atoms with E-state index in [2.05, 4.69) is 24.3 Å². The van der Waals surface area contributed by atoms with Crippen LogP contribution < -0.4 is 5.32 Å². The number of Topliss-reactive ketones (excluding diaryl/α,β-unsaturated/α-hetero) is 1. The van der Waals surface area contributed by atoms with E-state index in [0.29, 0.717) is 11.5 Å².